The second-order valence-corrected chi connectivity index (χ2v) is 6.86. The second kappa shape index (κ2) is 9.38. The van der Waals surface area contributed by atoms with Gasteiger partial charge in [0.15, 0.2) is 5.76 Å². The van der Waals surface area contributed by atoms with Gasteiger partial charge >= 0.3 is 0 Å². The lowest BCUT2D eigenvalue weighted by molar-refractivity contribution is 0.0916. The van der Waals surface area contributed by atoms with E-state index in [9.17, 15) is 14.7 Å². The van der Waals surface area contributed by atoms with Crippen LogP contribution in [0.25, 0.3) is 0 Å². The molecule has 3 N–H and O–H groups in total. The summed E-state index contributed by atoms with van der Waals surface area (Å²) in [4.78, 5) is 24.7. The molecule has 29 heavy (non-hydrogen) atoms. The van der Waals surface area contributed by atoms with Crippen LogP contribution in [0.5, 0.6) is 5.75 Å². The van der Waals surface area contributed by atoms with Crippen molar-refractivity contribution in [2.24, 2.45) is 5.10 Å². The van der Waals surface area contributed by atoms with Crippen LogP contribution in [-0.2, 0) is 11.2 Å². The minimum Gasteiger partial charge on any atom is -0.508 e. The van der Waals surface area contributed by atoms with E-state index in [0.717, 1.165) is 30.4 Å². The maximum absolute atomic E-state index is 12.5. The number of ether oxygens (including phenoxy) is 1. The van der Waals surface area contributed by atoms with Crippen LogP contribution in [0.15, 0.2) is 33.8 Å². The number of nitrogens with one attached hydrogen (secondary N) is 2. The van der Waals surface area contributed by atoms with Gasteiger partial charge in [0, 0.05) is 43.4 Å². The first kappa shape index (κ1) is 20.6. The molecule has 0 fully saturated rings. The van der Waals surface area contributed by atoms with Gasteiger partial charge in [-0.1, -0.05) is 0 Å². The van der Waals surface area contributed by atoms with E-state index >= 15 is 0 Å². The van der Waals surface area contributed by atoms with Gasteiger partial charge < -0.3 is 19.6 Å². The van der Waals surface area contributed by atoms with Gasteiger partial charge in [0.1, 0.15) is 11.5 Å². The minimum absolute atomic E-state index is 0.0897. The normalized spacial score (nSPS) is 14.5. The number of carbonyl (C=O) groups is 2. The van der Waals surface area contributed by atoms with Gasteiger partial charge in [-0.15, -0.1) is 0 Å². The van der Waals surface area contributed by atoms with Crippen LogP contribution in [0.1, 0.15) is 57.1 Å². The molecule has 154 valence electrons. The monoisotopic (exact) mass is 399 g/mol. The summed E-state index contributed by atoms with van der Waals surface area (Å²) in [7, 11) is 1.62. The summed E-state index contributed by atoms with van der Waals surface area (Å²) in [6, 6.07) is 5.93. The van der Waals surface area contributed by atoms with Crippen molar-refractivity contribution >= 4 is 17.5 Å². The third-order valence-corrected chi connectivity index (χ3v) is 4.76. The molecule has 1 aromatic carbocycles. The largest absolute Gasteiger partial charge is 0.508 e. The Hall–Kier alpha value is -3.13. The molecule has 0 unspecified atom stereocenters. The highest BCUT2D eigenvalue weighted by atomic mass is 16.5. The highest BCUT2D eigenvalue weighted by Gasteiger charge is 2.28. The van der Waals surface area contributed by atoms with Crippen molar-refractivity contribution in [3.8, 4) is 5.75 Å². The van der Waals surface area contributed by atoms with Crippen molar-refractivity contribution in [1.29, 1.82) is 0 Å². The first-order chi connectivity index (χ1) is 14.0. The molecule has 3 rings (SSSR count). The summed E-state index contributed by atoms with van der Waals surface area (Å²) in [6.45, 7) is 2.90. The number of carbonyl (C=O) groups excluding carboxylic acids is 2. The van der Waals surface area contributed by atoms with E-state index in [1.807, 2.05) is 6.92 Å². The Balaban J connectivity index is 1.74. The molecule has 1 aliphatic carbocycles. The Morgan fingerprint density at radius 3 is 2.69 bits per heavy atom. The molecule has 2 aromatic rings. The number of hydrogen-bond donors (Lipinski definition) is 3. The molecule has 8 nitrogen and oxygen atoms in total. The Labute approximate surface area is 168 Å². The number of phenols is 1. The van der Waals surface area contributed by atoms with Crippen molar-refractivity contribution in [2.75, 3.05) is 20.3 Å². The van der Waals surface area contributed by atoms with Gasteiger partial charge in [-0.05, 0) is 50.5 Å². The number of fused-ring (bicyclic) bond motifs is 1. The summed E-state index contributed by atoms with van der Waals surface area (Å²) in [5, 5.41) is 16.5. The smallest absolute Gasteiger partial charge is 0.287 e. The van der Waals surface area contributed by atoms with Crippen molar-refractivity contribution < 1.29 is 23.8 Å². The van der Waals surface area contributed by atoms with Gasteiger partial charge in [-0.25, -0.2) is 5.43 Å². The van der Waals surface area contributed by atoms with Crippen LogP contribution in [0.3, 0.4) is 0 Å². The summed E-state index contributed by atoms with van der Waals surface area (Å²) >= 11 is 0. The summed E-state index contributed by atoms with van der Waals surface area (Å²) in [6.07, 6.45) is 2.94. The average molecular weight is 399 g/mol. The molecule has 1 heterocycles. The van der Waals surface area contributed by atoms with Crippen LogP contribution in [0.2, 0.25) is 0 Å². The van der Waals surface area contributed by atoms with E-state index in [-0.39, 0.29) is 23.3 Å². The summed E-state index contributed by atoms with van der Waals surface area (Å²) in [5.74, 6) is 0.453. The predicted octanol–water partition coefficient (Wildman–Crippen LogP) is 2.53. The second-order valence-electron chi connectivity index (χ2n) is 6.86. The molecular formula is C21H25N3O5. The molecule has 0 spiro atoms. The zero-order valence-electron chi connectivity index (χ0n) is 16.6. The van der Waals surface area contributed by atoms with Crippen LogP contribution in [0, 0.1) is 6.92 Å². The maximum Gasteiger partial charge on any atom is 0.287 e. The molecule has 2 amide bonds. The van der Waals surface area contributed by atoms with E-state index in [4.69, 9.17) is 9.15 Å². The van der Waals surface area contributed by atoms with Crippen molar-refractivity contribution in [3.63, 3.8) is 0 Å². The molecule has 0 bridgehead atoms. The van der Waals surface area contributed by atoms with E-state index in [1.54, 1.807) is 7.11 Å². The average Bonchev–Trinajstić information content (AvgIpc) is 3.07. The highest BCUT2D eigenvalue weighted by Crippen LogP contribution is 2.29. The first-order valence-electron chi connectivity index (χ1n) is 9.57. The van der Waals surface area contributed by atoms with Gasteiger partial charge in [-0.3, -0.25) is 9.59 Å². The maximum atomic E-state index is 12.5. The Morgan fingerprint density at radius 1 is 1.21 bits per heavy atom. The molecule has 0 radical (unpaired) electrons. The Morgan fingerprint density at radius 2 is 1.97 bits per heavy atom. The summed E-state index contributed by atoms with van der Waals surface area (Å²) in [5.41, 5.74) is 5.16. The third-order valence-electron chi connectivity index (χ3n) is 4.76. The number of aromatic hydroxyl groups is 1. The number of aryl methyl sites for hydroxylation is 1. The lowest BCUT2D eigenvalue weighted by Crippen LogP contribution is -2.25. The highest BCUT2D eigenvalue weighted by molar-refractivity contribution is 6.07. The molecule has 0 atom stereocenters. The van der Waals surface area contributed by atoms with Crippen LogP contribution >= 0.6 is 0 Å². The number of furan rings is 1. The number of benzene rings is 1. The zero-order valence-corrected chi connectivity index (χ0v) is 16.6. The Bertz CT molecular complexity index is 915. The lowest BCUT2D eigenvalue weighted by atomic mass is 9.93. The fourth-order valence-corrected chi connectivity index (χ4v) is 3.29. The van der Waals surface area contributed by atoms with Gasteiger partial charge in [-0.2, -0.15) is 5.10 Å². The number of phenolic OH excluding ortho intramolecular Hbond substituents is 1. The van der Waals surface area contributed by atoms with Gasteiger partial charge in [0.2, 0.25) is 0 Å². The fraction of sp³-hybridized carbons (Fsp3) is 0.381. The van der Waals surface area contributed by atoms with Crippen LogP contribution in [-0.4, -0.2) is 42.9 Å². The predicted molar refractivity (Wildman–Crippen MR) is 107 cm³/mol. The quantitative estimate of drug-likeness (QED) is 0.489. The van der Waals surface area contributed by atoms with Gasteiger partial charge in [0.25, 0.3) is 11.8 Å². The molecule has 0 saturated heterocycles. The number of rotatable bonds is 7. The van der Waals surface area contributed by atoms with Crippen LogP contribution < -0.4 is 10.7 Å². The lowest BCUT2D eigenvalue weighted by Gasteiger charge is -2.13. The Kier molecular flexibility index (Phi) is 6.66. The molecule has 1 aliphatic rings. The van der Waals surface area contributed by atoms with Crippen molar-refractivity contribution in [2.45, 2.75) is 32.6 Å². The van der Waals surface area contributed by atoms with E-state index < -0.39 is 0 Å². The summed E-state index contributed by atoms with van der Waals surface area (Å²) < 4.78 is 10.8. The fourth-order valence-electron chi connectivity index (χ4n) is 3.29. The number of amides is 2. The van der Waals surface area contributed by atoms with Crippen molar-refractivity contribution in [3.05, 3.63) is 52.5 Å². The van der Waals surface area contributed by atoms with Crippen LogP contribution in [0.4, 0.5) is 0 Å². The molecular weight excluding hydrogens is 374 g/mol. The van der Waals surface area contributed by atoms with E-state index in [1.165, 1.54) is 24.3 Å². The zero-order chi connectivity index (χ0) is 20.8. The molecule has 0 aliphatic heterocycles. The topological polar surface area (TPSA) is 113 Å². The molecule has 1 aromatic heterocycles. The molecule has 8 heteroatoms. The molecule has 0 saturated carbocycles. The number of hydrogen-bond acceptors (Lipinski definition) is 6. The van der Waals surface area contributed by atoms with Crippen molar-refractivity contribution in [1.82, 2.24) is 10.7 Å². The number of hydrazone groups is 1. The standard InChI is InChI=1S/C21H25N3O5/c1-13-18-16(23-24-20(26)14-7-9-15(25)10-8-14)5-3-6-17(18)29-19(13)21(27)22-11-4-12-28-2/h7-10,25H,3-6,11-12H2,1-2H3,(H,22,27)(H,24,26)/b23-16+. The minimum atomic E-state index is -0.373. The SMILES string of the molecule is COCCCNC(=O)c1oc2c(c1C)/C(=N/NC(=O)c1ccc(O)cc1)CCC2. The van der Waals surface area contributed by atoms with Gasteiger partial charge in [0.05, 0.1) is 5.71 Å². The van der Waals surface area contributed by atoms with E-state index in [2.05, 4.69) is 15.8 Å². The number of methoxy groups -OCH3 is 1. The number of nitrogens with zero attached hydrogens (tertiary/aromatic N) is 1. The third kappa shape index (κ3) is 4.83. The van der Waals surface area contributed by atoms with E-state index in [0.29, 0.717) is 36.6 Å². The first-order valence-corrected chi connectivity index (χ1v) is 9.57.